The summed E-state index contributed by atoms with van der Waals surface area (Å²) in [5.74, 6) is 5.58. The topological polar surface area (TPSA) is 40.5 Å². The van der Waals surface area contributed by atoms with Crippen LogP contribution in [-0.4, -0.2) is 22.4 Å². The molecule has 0 aromatic rings. The van der Waals surface area contributed by atoms with Crippen molar-refractivity contribution in [2.24, 2.45) is 58.2 Å². The summed E-state index contributed by atoms with van der Waals surface area (Å²) in [6.07, 6.45) is 10.9. The van der Waals surface area contributed by atoms with Crippen molar-refractivity contribution in [3.8, 4) is 0 Å². The summed E-state index contributed by atoms with van der Waals surface area (Å²) in [7, 11) is 0. The van der Waals surface area contributed by atoms with Crippen LogP contribution in [0.25, 0.3) is 0 Å². The van der Waals surface area contributed by atoms with Gasteiger partial charge < -0.3 is 10.2 Å². The van der Waals surface area contributed by atoms with Gasteiger partial charge in [0, 0.05) is 0 Å². The van der Waals surface area contributed by atoms with Crippen molar-refractivity contribution < 1.29 is 10.2 Å². The van der Waals surface area contributed by atoms with Crippen LogP contribution in [0.15, 0.2) is 0 Å². The first kappa shape index (κ1) is 18.9. The molecular weight excluding hydrogens is 332 g/mol. The summed E-state index contributed by atoms with van der Waals surface area (Å²) < 4.78 is 0. The summed E-state index contributed by atoms with van der Waals surface area (Å²) in [5.41, 5.74) is 0.812. The number of fused-ring (bicyclic) bond motifs is 7. The standard InChI is InChI=1S/C25H42O2/c1-5-17-19-13-16(26)8-10-24(19,3)18-9-11-25(4)20(21(18)23(17)27)12-15-7-6-14(2)22(15)25/h14-23,26-27H,5-13H2,1-4H3/t14-,15?,16-,17-,18+,19?,20+,21+,22+,23-,24?,25?/m1/s1. The summed E-state index contributed by atoms with van der Waals surface area (Å²) in [5, 5.41) is 22.1. The molecule has 0 radical (unpaired) electrons. The largest absolute Gasteiger partial charge is 0.393 e. The van der Waals surface area contributed by atoms with Gasteiger partial charge in [0.15, 0.2) is 0 Å². The van der Waals surface area contributed by atoms with E-state index >= 15 is 0 Å². The number of rotatable bonds is 1. The van der Waals surface area contributed by atoms with Gasteiger partial charge in [-0.1, -0.05) is 40.5 Å². The lowest BCUT2D eigenvalue weighted by Gasteiger charge is -2.64. The highest BCUT2D eigenvalue weighted by atomic mass is 16.3. The first-order valence-corrected chi connectivity index (χ1v) is 12.2. The Hall–Kier alpha value is -0.0800. The molecule has 12 atom stereocenters. The van der Waals surface area contributed by atoms with E-state index in [9.17, 15) is 10.2 Å². The molecule has 0 aromatic heterocycles. The highest BCUT2D eigenvalue weighted by molar-refractivity contribution is 5.15. The fourth-order valence-corrected chi connectivity index (χ4v) is 10.2. The van der Waals surface area contributed by atoms with E-state index in [-0.39, 0.29) is 12.2 Å². The van der Waals surface area contributed by atoms with Crippen LogP contribution in [-0.2, 0) is 0 Å². The Morgan fingerprint density at radius 1 is 0.852 bits per heavy atom. The van der Waals surface area contributed by atoms with Crippen LogP contribution >= 0.6 is 0 Å². The van der Waals surface area contributed by atoms with Gasteiger partial charge in [0.2, 0.25) is 0 Å². The van der Waals surface area contributed by atoms with Gasteiger partial charge in [-0.25, -0.2) is 0 Å². The summed E-state index contributed by atoms with van der Waals surface area (Å²) in [4.78, 5) is 0. The maximum atomic E-state index is 11.7. The Labute approximate surface area is 166 Å². The van der Waals surface area contributed by atoms with Crippen LogP contribution in [0.5, 0.6) is 0 Å². The molecule has 5 saturated carbocycles. The molecule has 5 rings (SSSR count). The van der Waals surface area contributed by atoms with Gasteiger partial charge in [0.1, 0.15) is 0 Å². The number of aliphatic hydroxyl groups excluding tert-OH is 2. The highest BCUT2D eigenvalue weighted by Crippen LogP contribution is 2.72. The zero-order chi connectivity index (χ0) is 19.1. The van der Waals surface area contributed by atoms with Crippen molar-refractivity contribution in [1.29, 1.82) is 0 Å². The molecule has 0 heterocycles. The highest BCUT2D eigenvalue weighted by Gasteiger charge is 2.67. The van der Waals surface area contributed by atoms with Gasteiger partial charge in [-0.2, -0.15) is 0 Å². The van der Waals surface area contributed by atoms with E-state index in [1.165, 1.54) is 38.5 Å². The fourth-order valence-electron chi connectivity index (χ4n) is 10.2. The minimum absolute atomic E-state index is 0.137. The average Bonchev–Trinajstić information content (AvgIpc) is 3.14. The van der Waals surface area contributed by atoms with Crippen LogP contribution in [0.4, 0.5) is 0 Å². The summed E-state index contributed by atoms with van der Waals surface area (Å²) in [6, 6.07) is 0. The van der Waals surface area contributed by atoms with Gasteiger partial charge in [-0.3, -0.25) is 0 Å². The van der Waals surface area contributed by atoms with E-state index in [4.69, 9.17) is 0 Å². The molecule has 4 unspecified atom stereocenters. The number of hydrogen-bond acceptors (Lipinski definition) is 2. The zero-order valence-electron chi connectivity index (χ0n) is 18.0. The first-order chi connectivity index (χ1) is 12.8. The van der Waals surface area contributed by atoms with E-state index in [0.717, 1.165) is 42.9 Å². The second-order valence-electron chi connectivity index (χ2n) is 12.0. The van der Waals surface area contributed by atoms with Crippen LogP contribution in [0.3, 0.4) is 0 Å². The normalized spacial score (nSPS) is 62.4. The van der Waals surface area contributed by atoms with E-state index < -0.39 is 0 Å². The fraction of sp³-hybridized carbons (Fsp3) is 1.00. The lowest BCUT2D eigenvalue weighted by atomic mass is 9.41. The van der Waals surface area contributed by atoms with Crippen molar-refractivity contribution in [2.75, 3.05) is 0 Å². The monoisotopic (exact) mass is 374 g/mol. The van der Waals surface area contributed by atoms with Gasteiger partial charge in [-0.15, -0.1) is 0 Å². The van der Waals surface area contributed by atoms with Gasteiger partial charge >= 0.3 is 0 Å². The molecule has 0 saturated heterocycles. The Morgan fingerprint density at radius 2 is 1.59 bits per heavy atom. The van der Waals surface area contributed by atoms with Crippen molar-refractivity contribution in [2.45, 2.75) is 97.7 Å². The van der Waals surface area contributed by atoms with E-state index in [0.29, 0.717) is 34.5 Å². The van der Waals surface area contributed by atoms with Gasteiger partial charge in [-0.05, 0) is 103 Å². The lowest BCUT2D eigenvalue weighted by Crippen LogP contribution is -2.62. The summed E-state index contributed by atoms with van der Waals surface area (Å²) >= 11 is 0. The summed E-state index contributed by atoms with van der Waals surface area (Å²) in [6.45, 7) is 9.96. The molecule has 5 fully saturated rings. The molecule has 0 aliphatic heterocycles. The lowest BCUT2D eigenvalue weighted by molar-refractivity contribution is -0.203. The van der Waals surface area contributed by atoms with Crippen molar-refractivity contribution >= 4 is 0 Å². The maximum absolute atomic E-state index is 11.7. The maximum Gasteiger partial charge on any atom is 0.0605 e. The molecule has 2 nitrogen and oxygen atoms in total. The van der Waals surface area contributed by atoms with Crippen molar-refractivity contribution in [3.05, 3.63) is 0 Å². The average molecular weight is 375 g/mol. The van der Waals surface area contributed by atoms with E-state index in [1.54, 1.807) is 0 Å². The molecule has 154 valence electrons. The minimum Gasteiger partial charge on any atom is -0.393 e. The SMILES string of the molecule is CC[C@@H]1C2C[C@H](O)CCC2(C)[C@H]2CCC3(C)[C@@H]4C(CC[C@H]4C)C[C@H]3[C@H]2[C@@H]1O. The second-order valence-corrected chi connectivity index (χ2v) is 12.0. The Kier molecular flexibility index (Phi) is 4.35. The molecule has 0 spiro atoms. The molecule has 2 heteroatoms. The molecule has 27 heavy (non-hydrogen) atoms. The van der Waals surface area contributed by atoms with E-state index in [2.05, 4.69) is 27.7 Å². The predicted molar refractivity (Wildman–Crippen MR) is 109 cm³/mol. The quantitative estimate of drug-likeness (QED) is 0.656. The van der Waals surface area contributed by atoms with Crippen LogP contribution < -0.4 is 0 Å². The van der Waals surface area contributed by atoms with Gasteiger partial charge in [0.05, 0.1) is 12.2 Å². The van der Waals surface area contributed by atoms with Crippen molar-refractivity contribution in [1.82, 2.24) is 0 Å². The Morgan fingerprint density at radius 3 is 2.33 bits per heavy atom. The minimum atomic E-state index is -0.138. The molecule has 5 aliphatic rings. The second kappa shape index (κ2) is 6.21. The molecule has 0 amide bonds. The van der Waals surface area contributed by atoms with Crippen LogP contribution in [0.2, 0.25) is 0 Å². The number of aliphatic hydroxyl groups is 2. The third-order valence-electron chi connectivity index (χ3n) is 11.3. The molecule has 0 aromatic carbocycles. The molecule has 5 aliphatic carbocycles. The van der Waals surface area contributed by atoms with Crippen LogP contribution in [0.1, 0.15) is 85.5 Å². The third-order valence-corrected chi connectivity index (χ3v) is 11.3. The molecular formula is C25H42O2. The Balaban J connectivity index is 1.53. The van der Waals surface area contributed by atoms with Crippen molar-refractivity contribution in [3.63, 3.8) is 0 Å². The van der Waals surface area contributed by atoms with Gasteiger partial charge in [0.25, 0.3) is 0 Å². The smallest absolute Gasteiger partial charge is 0.0605 e. The Bertz CT molecular complexity index is 589. The number of hydrogen-bond donors (Lipinski definition) is 2. The molecule has 2 N–H and O–H groups in total. The third kappa shape index (κ3) is 2.38. The van der Waals surface area contributed by atoms with Crippen LogP contribution in [0, 0.1) is 58.2 Å². The zero-order valence-corrected chi connectivity index (χ0v) is 18.0. The molecule has 0 bridgehead atoms. The van der Waals surface area contributed by atoms with E-state index in [1.807, 2.05) is 0 Å². The first-order valence-electron chi connectivity index (χ1n) is 12.2. The predicted octanol–water partition coefficient (Wildman–Crippen LogP) is 5.27.